The van der Waals surface area contributed by atoms with Crippen LogP contribution in [0.2, 0.25) is 0 Å². The van der Waals surface area contributed by atoms with Gasteiger partial charge >= 0.3 is 0 Å². The van der Waals surface area contributed by atoms with Crippen molar-refractivity contribution in [3.8, 4) is 0 Å². The highest BCUT2D eigenvalue weighted by molar-refractivity contribution is 7.89. The van der Waals surface area contributed by atoms with Crippen LogP contribution in [0, 0.1) is 0 Å². The van der Waals surface area contributed by atoms with Crippen molar-refractivity contribution in [1.82, 2.24) is 9.21 Å². The van der Waals surface area contributed by atoms with Crippen LogP contribution >= 0.6 is 0 Å². The predicted octanol–water partition coefficient (Wildman–Crippen LogP) is 1.29. The number of hydrogen-bond donors (Lipinski definition) is 1. The zero-order valence-corrected chi connectivity index (χ0v) is 14.4. The Morgan fingerprint density at radius 2 is 1.87 bits per heavy atom. The molecule has 0 spiro atoms. The number of carbonyl (C=O) groups excluding carboxylic acids is 1. The van der Waals surface area contributed by atoms with Crippen LogP contribution in [0.3, 0.4) is 0 Å². The van der Waals surface area contributed by atoms with Gasteiger partial charge in [0.2, 0.25) is 15.9 Å². The number of aryl methyl sites for hydroxylation is 1. The third-order valence-corrected chi connectivity index (χ3v) is 6.66. The summed E-state index contributed by atoms with van der Waals surface area (Å²) in [5, 5.41) is 2.78. The van der Waals surface area contributed by atoms with Gasteiger partial charge < -0.3 is 10.2 Å². The number of benzene rings is 1. The molecule has 3 rings (SSSR count). The molecule has 0 saturated carbocycles. The standard InChI is InChI=1S/C16H23N3O3S/c1-18(2)13-7-9-19(10-8-13)23(21,22)14-4-5-15-12(11-14)3-6-16(20)17-15/h4-5,11,13H,3,6-10H2,1-2H3,(H,17,20). The monoisotopic (exact) mass is 337 g/mol. The van der Waals surface area contributed by atoms with Crippen LogP contribution in [0.1, 0.15) is 24.8 Å². The summed E-state index contributed by atoms with van der Waals surface area (Å²) in [6, 6.07) is 5.45. The van der Waals surface area contributed by atoms with Gasteiger partial charge in [-0.3, -0.25) is 4.79 Å². The highest BCUT2D eigenvalue weighted by Gasteiger charge is 2.30. The molecular formula is C16H23N3O3S. The number of nitrogens with one attached hydrogen (secondary N) is 1. The van der Waals surface area contributed by atoms with Gasteiger partial charge in [0, 0.05) is 31.2 Å². The van der Waals surface area contributed by atoms with Crippen molar-refractivity contribution >= 4 is 21.6 Å². The zero-order valence-electron chi connectivity index (χ0n) is 13.6. The lowest BCUT2D eigenvalue weighted by molar-refractivity contribution is -0.116. The largest absolute Gasteiger partial charge is 0.326 e. The van der Waals surface area contributed by atoms with Crippen molar-refractivity contribution in [3.63, 3.8) is 0 Å². The first-order valence-corrected chi connectivity index (χ1v) is 9.41. The summed E-state index contributed by atoms with van der Waals surface area (Å²) >= 11 is 0. The van der Waals surface area contributed by atoms with Crippen LogP contribution in [0.5, 0.6) is 0 Å². The van der Waals surface area contributed by atoms with E-state index < -0.39 is 10.0 Å². The highest BCUT2D eigenvalue weighted by Crippen LogP contribution is 2.28. The molecule has 1 fully saturated rings. The molecule has 6 nitrogen and oxygen atoms in total. The van der Waals surface area contributed by atoms with Crippen LogP contribution in [-0.4, -0.2) is 56.8 Å². The third-order valence-electron chi connectivity index (χ3n) is 4.76. The summed E-state index contributed by atoms with van der Waals surface area (Å²) in [4.78, 5) is 13.9. The molecule has 1 aromatic carbocycles. The fourth-order valence-corrected chi connectivity index (χ4v) is 4.79. The smallest absolute Gasteiger partial charge is 0.243 e. The molecule has 1 N–H and O–H groups in total. The number of hydrogen-bond acceptors (Lipinski definition) is 4. The van der Waals surface area contributed by atoms with Gasteiger partial charge in [-0.1, -0.05) is 0 Å². The SMILES string of the molecule is CN(C)C1CCN(S(=O)(=O)c2ccc3c(c2)CCC(=O)N3)CC1. The number of carbonyl (C=O) groups is 1. The number of piperidine rings is 1. The average Bonchev–Trinajstić information content (AvgIpc) is 2.54. The maximum atomic E-state index is 12.8. The van der Waals surface area contributed by atoms with Gasteiger partial charge in [0.15, 0.2) is 0 Å². The molecule has 1 amide bonds. The number of rotatable bonds is 3. The van der Waals surface area contributed by atoms with Gasteiger partial charge in [-0.25, -0.2) is 8.42 Å². The molecule has 0 bridgehead atoms. The molecule has 1 aromatic rings. The molecule has 0 radical (unpaired) electrons. The Morgan fingerprint density at radius 1 is 1.17 bits per heavy atom. The lowest BCUT2D eigenvalue weighted by Crippen LogP contribution is -2.44. The van der Waals surface area contributed by atoms with Crippen LogP contribution in [0.4, 0.5) is 5.69 Å². The van der Waals surface area contributed by atoms with E-state index in [1.54, 1.807) is 22.5 Å². The number of fused-ring (bicyclic) bond motifs is 1. The van der Waals surface area contributed by atoms with Crippen molar-refractivity contribution in [2.75, 3.05) is 32.5 Å². The second-order valence-electron chi connectivity index (χ2n) is 6.47. The van der Waals surface area contributed by atoms with Gasteiger partial charge in [-0.2, -0.15) is 4.31 Å². The Morgan fingerprint density at radius 3 is 2.52 bits per heavy atom. The van der Waals surface area contributed by atoms with Crippen LogP contribution < -0.4 is 5.32 Å². The van der Waals surface area contributed by atoms with Crippen molar-refractivity contribution in [1.29, 1.82) is 0 Å². The Kier molecular flexibility index (Phi) is 4.44. The summed E-state index contributed by atoms with van der Waals surface area (Å²) < 4.78 is 27.3. The Labute approximate surface area is 137 Å². The van der Waals surface area contributed by atoms with Crippen molar-refractivity contribution < 1.29 is 13.2 Å². The minimum absolute atomic E-state index is 0.0149. The fourth-order valence-electron chi connectivity index (χ4n) is 3.27. The van der Waals surface area contributed by atoms with E-state index in [4.69, 9.17) is 0 Å². The van der Waals surface area contributed by atoms with E-state index in [1.807, 2.05) is 14.1 Å². The zero-order chi connectivity index (χ0) is 16.6. The van der Waals surface area contributed by atoms with E-state index in [2.05, 4.69) is 10.2 Å². The van der Waals surface area contributed by atoms with Crippen LogP contribution in [-0.2, 0) is 21.2 Å². The summed E-state index contributed by atoms with van der Waals surface area (Å²) in [6.45, 7) is 1.11. The number of amides is 1. The molecule has 1 saturated heterocycles. The van der Waals surface area contributed by atoms with E-state index in [-0.39, 0.29) is 5.91 Å². The third kappa shape index (κ3) is 3.27. The maximum absolute atomic E-state index is 12.8. The molecule has 0 atom stereocenters. The number of sulfonamides is 1. The minimum atomic E-state index is -3.46. The lowest BCUT2D eigenvalue weighted by Gasteiger charge is -2.34. The average molecular weight is 337 g/mol. The maximum Gasteiger partial charge on any atom is 0.243 e. The van der Waals surface area contributed by atoms with E-state index in [0.29, 0.717) is 36.9 Å². The highest BCUT2D eigenvalue weighted by atomic mass is 32.2. The first-order chi connectivity index (χ1) is 10.9. The Bertz CT molecular complexity index is 707. The second-order valence-corrected chi connectivity index (χ2v) is 8.40. The van der Waals surface area contributed by atoms with Gasteiger partial charge in [-0.05, 0) is 57.1 Å². The van der Waals surface area contributed by atoms with E-state index in [9.17, 15) is 13.2 Å². The van der Waals surface area contributed by atoms with Gasteiger partial charge in [0.25, 0.3) is 0 Å². The van der Waals surface area contributed by atoms with Gasteiger partial charge in [0.05, 0.1) is 4.90 Å². The summed E-state index contributed by atoms with van der Waals surface area (Å²) in [7, 11) is 0.613. The topological polar surface area (TPSA) is 69.7 Å². The van der Waals surface area contributed by atoms with Gasteiger partial charge in [0.1, 0.15) is 0 Å². The first-order valence-electron chi connectivity index (χ1n) is 7.97. The summed E-state index contributed by atoms with van der Waals surface area (Å²) in [5.74, 6) is -0.0149. The van der Waals surface area contributed by atoms with Crippen molar-refractivity contribution in [2.45, 2.75) is 36.6 Å². The summed E-state index contributed by atoms with van der Waals surface area (Å²) in [5.41, 5.74) is 1.63. The van der Waals surface area contributed by atoms with E-state index in [0.717, 1.165) is 24.1 Å². The van der Waals surface area contributed by atoms with E-state index >= 15 is 0 Å². The quantitative estimate of drug-likeness (QED) is 0.902. The van der Waals surface area contributed by atoms with Crippen LogP contribution in [0.25, 0.3) is 0 Å². The molecule has 126 valence electrons. The molecule has 0 unspecified atom stereocenters. The predicted molar refractivity (Wildman–Crippen MR) is 88.9 cm³/mol. The molecule has 0 aliphatic carbocycles. The lowest BCUT2D eigenvalue weighted by atomic mass is 10.0. The normalized spacial score (nSPS) is 20.4. The van der Waals surface area contributed by atoms with Crippen molar-refractivity contribution in [3.05, 3.63) is 23.8 Å². The molecule has 2 aliphatic rings. The molecular weight excluding hydrogens is 314 g/mol. The Hall–Kier alpha value is -1.44. The second kappa shape index (κ2) is 6.22. The van der Waals surface area contributed by atoms with Crippen molar-refractivity contribution in [2.24, 2.45) is 0 Å². The minimum Gasteiger partial charge on any atom is -0.326 e. The molecule has 2 aliphatic heterocycles. The van der Waals surface area contributed by atoms with E-state index in [1.165, 1.54) is 0 Å². The van der Waals surface area contributed by atoms with Gasteiger partial charge in [-0.15, -0.1) is 0 Å². The fraction of sp³-hybridized carbons (Fsp3) is 0.562. The Balaban J connectivity index is 1.79. The number of anilines is 1. The number of nitrogens with zero attached hydrogens (tertiary/aromatic N) is 2. The first kappa shape index (κ1) is 16.4. The molecule has 2 heterocycles. The summed E-state index contributed by atoms with van der Waals surface area (Å²) in [6.07, 6.45) is 2.71. The molecule has 23 heavy (non-hydrogen) atoms. The molecule has 0 aromatic heterocycles. The van der Waals surface area contributed by atoms with Crippen LogP contribution in [0.15, 0.2) is 23.1 Å². The molecule has 7 heteroatoms.